The molecule has 0 aliphatic heterocycles. The maximum Gasteiger partial charge on any atom is 0.118 e. The summed E-state index contributed by atoms with van der Waals surface area (Å²) in [6.45, 7) is 1.37. The molecule has 0 amide bonds. The quantitative estimate of drug-likeness (QED) is 0.447. The number of benzene rings is 2. The summed E-state index contributed by atoms with van der Waals surface area (Å²) >= 11 is 0. The van der Waals surface area contributed by atoms with Crippen molar-refractivity contribution in [1.29, 1.82) is 0 Å². The summed E-state index contributed by atoms with van der Waals surface area (Å²) in [5.74, 6) is 1.69. The van der Waals surface area contributed by atoms with Crippen LogP contribution >= 0.6 is 0 Å². The lowest BCUT2D eigenvalue weighted by molar-refractivity contribution is 0.272. The minimum Gasteiger partial charge on any atom is -0.497 e. The molecule has 0 aliphatic rings. The molecule has 0 bridgehead atoms. The first-order chi connectivity index (χ1) is 13.3. The van der Waals surface area contributed by atoms with Crippen molar-refractivity contribution in [3.05, 3.63) is 89.7 Å². The highest BCUT2D eigenvalue weighted by Crippen LogP contribution is 2.17. The van der Waals surface area contributed by atoms with E-state index in [0.29, 0.717) is 13.1 Å². The summed E-state index contributed by atoms with van der Waals surface area (Å²) < 4.78 is 10.5. The van der Waals surface area contributed by atoms with Crippen molar-refractivity contribution in [2.45, 2.75) is 13.1 Å². The van der Waals surface area contributed by atoms with Crippen molar-refractivity contribution in [3.8, 4) is 11.5 Å². The van der Waals surface area contributed by atoms with Crippen LogP contribution in [0, 0.1) is 0 Å². The summed E-state index contributed by atoms with van der Waals surface area (Å²) in [4.78, 5) is 4.13. The minimum absolute atomic E-state index is 0.687. The third-order valence-corrected chi connectivity index (χ3v) is 4.10. The van der Waals surface area contributed by atoms with Crippen LogP contribution < -0.4 is 9.47 Å². The molecule has 0 saturated carbocycles. The molecule has 0 N–H and O–H groups in total. The fraction of sp³-hybridized carbons (Fsp3) is 0.182. The maximum atomic E-state index is 5.23. The van der Waals surface area contributed by atoms with Crippen molar-refractivity contribution in [2.75, 3.05) is 14.2 Å². The van der Waals surface area contributed by atoms with E-state index in [2.05, 4.69) is 34.4 Å². The molecule has 1 aromatic heterocycles. The van der Waals surface area contributed by atoms with Gasteiger partial charge < -0.3 is 9.47 Å². The van der Waals surface area contributed by atoms with Crippen LogP contribution in [0.4, 0.5) is 0 Å². The van der Waals surface area contributed by atoms with E-state index in [0.717, 1.165) is 28.2 Å². The summed E-state index contributed by atoms with van der Waals surface area (Å²) in [6, 6.07) is 20.0. The number of pyridine rings is 1. The molecule has 0 fully saturated rings. The van der Waals surface area contributed by atoms with Gasteiger partial charge in [0.1, 0.15) is 11.5 Å². The number of nitrogens with zero attached hydrogens (tertiary/aromatic N) is 3. The van der Waals surface area contributed by atoms with Crippen LogP contribution in [0.3, 0.4) is 0 Å². The Labute approximate surface area is 159 Å². The Kier molecular flexibility index (Phi) is 6.41. The summed E-state index contributed by atoms with van der Waals surface area (Å²) in [5.41, 5.74) is 3.28. The van der Waals surface area contributed by atoms with Gasteiger partial charge in [-0.25, -0.2) is 0 Å². The zero-order valence-corrected chi connectivity index (χ0v) is 15.6. The SMILES string of the molecule is COc1ccc(CN(Cc2ccc(OC)cc2)/N=C/c2cccnc2)cc1. The smallest absolute Gasteiger partial charge is 0.118 e. The molecule has 3 rings (SSSR count). The molecule has 5 nitrogen and oxygen atoms in total. The molecule has 0 atom stereocenters. The highest BCUT2D eigenvalue weighted by atomic mass is 16.5. The van der Waals surface area contributed by atoms with E-state index in [9.17, 15) is 0 Å². The standard InChI is InChI=1S/C22H23N3O2/c1-26-21-9-5-18(6-10-21)16-25(24-15-20-4-3-13-23-14-20)17-19-7-11-22(27-2)12-8-19/h3-15H,16-17H2,1-2H3/b24-15+. The van der Waals surface area contributed by atoms with Crippen molar-refractivity contribution < 1.29 is 9.47 Å². The van der Waals surface area contributed by atoms with Gasteiger partial charge in [-0.15, -0.1) is 0 Å². The van der Waals surface area contributed by atoms with Gasteiger partial charge in [0.25, 0.3) is 0 Å². The predicted molar refractivity (Wildman–Crippen MR) is 107 cm³/mol. The number of ether oxygens (including phenoxy) is 2. The second-order valence-electron chi connectivity index (χ2n) is 6.05. The number of hydrogen-bond acceptors (Lipinski definition) is 5. The second kappa shape index (κ2) is 9.38. The zero-order chi connectivity index (χ0) is 18.9. The van der Waals surface area contributed by atoms with Crippen molar-refractivity contribution in [1.82, 2.24) is 9.99 Å². The van der Waals surface area contributed by atoms with Crippen molar-refractivity contribution >= 4 is 6.21 Å². The molecule has 2 aromatic carbocycles. The van der Waals surface area contributed by atoms with Gasteiger partial charge >= 0.3 is 0 Å². The molecule has 1 heterocycles. The van der Waals surface area contributed by atoms with Gasteiger partial charge in [0, 0.05) is 18.0 Å². The molecule has 0 unspecified atom stereocenters. The minimum atomic E-state index is 0.687. The lowest BCUT2D eigenvalue weighted by atomic mass is 10.2. The fourth-order valence-electron chi connectivity index (χ4n) is 2.62. The van der Waals surface area contributed by atoms with Gasteiger partial charge in [-0.05, 0) is 41.5 Å². The van der Waals surface area contributed by atoms with Crippen LogP contribution in [0.1, 0.15) is 16.7 Å². The second-order valence-corrected chi connectivity index (χ2v) is 6.05. The Morgan fingerprint density at radius 1 is 0.852 bits per heavy atom. The van der Waals surface area contributed by atoms with Gasteiger partial charge in [0.05, 0.1) is 33.5 Å². The van der Waals surface area contributed by atoms with Crippen LogP contribution in [0.2, 0.25) is 0 Å². The molecule has 27 heavy (non-hydrogen) atoms. The third kappa shape index (κ3) is 5.57. The lowest BCUT2D eigenvalue weighted by Gasteiger charge is -2.20. The van der Waals surface area contributed by atoms with E-state index in [1.54, 1.807) is 26.6 Å². The third-order valence-electron chi connectivity index (χ3n) is 4.10. The monoisotopic (exact) mass is 361 g/mol. The van der Waals surface area contributed by atoms with Gasteiger partial charge in [-0.2, -0.15) is 5.10 Å². The van der Waals surface area contributed by atoms with Crippen molar-refractivity contribution in [3.63, 3.8) is 0 Å². The lowest BCUT2D eigenvalue weighted by Crippen LogP contribution is -2.17. The Hall–Kier alpha value is -3.34. The van der Waals surface area contributed by atoms with Gasteiger partial charge in [-0.1, -0.05) is 30.3 Å². The molecule has 0 radical (unpaired) electrons. The summed E-state index contributed by atoms with van der Waals surface area (Å²) in [5, 5.41) is 6.70. The van der Waals surface area contributed by atoms with Crippen LogP contribution in [0.25, 0.3) is 0 Å². The summed E-state index contributed by atoms with van der Waals surface area (Å²) in [6.07, 6.45) is 5.38. The molecule has 3 aromatic rings. The number of hydrogen-bond donors (Lipinski definition) is 0. The largest absolute Gasteiger partial charge is 0.497 e. The first-order valence-corrected chi connectivity index (χ1v) is 8.71. The Morgan fingerprint density at radius 3 is 1.85 bits per heavy atom. The Morgan fingerprint density at radius 2 is 1.41 bits per heavy atom. The highest BCUT2D eigenvalue weighted by molar-refractivity contribution is 5.78. The van der Waals surface area contributed by atoms with E-state index < -0.39 is 0 Å². The first kappa shape index (κ1) is 18.5. The van der Waals surface area contributed by atoms with Crippen LogP contribution in [-0.2, 0) is 13.1 Å². The van der Waals surface area contributed by atoms with E-state index in [1.165, 1.54) is 0 Å². The van der Waals surface area contributed by atoms with E-state index in [4.69, 9.17) is 9.47 Å². The molecule has 5 heteroatoms. The molecular formula is C22H23N3O2. The van der Waals surface area contributed by atoms with E-state index in [1.807, 2.05) is 47.6 Å². The van der Waals surface area contributed by atoms with Crippen molar-refractivity contribution in [2.24, 2.45) is 5.10 Å². The number of hydrazone groups is 1. The maximum absolute atomic E-state index is 5.23. The average Bonchev–Trinajstić information content (AvgIpc) is 2.74. The molecule has 0 spiro atoms. The normalized spacial score (nSPS) is 10.7. The Balaban J connectivity index is 1.76. The predicted octanol–water partition coefficient (Wildman–Crippen LogP) is 4.14. The van der Waals surface area contributed by atoms with Crippen LogP contribution in [0.15, 0.2) is 78.2 Å². The highest BCUT2D eigenvalue weighted by Gasteiger charge is 2.05. The van der Waals surface area contributed by atoms with E-state index >= 15 is 0 Å². The average molecular weight is 361 g/mol. The van der Waals surface area contributed by atoms with Crippen LogP contribution in [0.5, 0.6) is 11.5 Å². The zero-order valence-electron chi connectivity index (χ0n) is 15.6. The first-order valence-electron chi connectivity index (χ1n) is 8.71. The van der Waals surface area contributed by atoms with Gasteiger partial charge in [0.2, 0.25) is 0 Å². The Bertz CT molecular complexity index is 797. The fourth-order valence-corrected chi connectivity index (χ4v) is 2.62. The topological polar surface area (TPSA) is 47.0 Å². The molecule has 138 valence electrons. The van der Waals surface area contributed by atoms with Gasteiger partial charge in [-0.3, -0.25) is 9.99 Å². The number of methoxy groups -OCH3 is 2. The van der Waals surface area contributed by atoms with Gasteiger partial charge in [0.15, 0.2) is 0 Å². The number of aromatic nitrogens is 1. The van der Waals surface area contributed by atoms with E-state index in [-0.39, 0.29) is 0 Å². The summed E-state index contributed by atoms with van der Waals surface area (Å²) in [7, 11) is 3.34. The molecular weight excluding hydrogens is 338 g/mol. The molecule has 0 saturated heterocycles. The molecule has 0 aliphatic carbocycles. The van der Waals surface area contributed by atoms with Crippen LogP contribution in [-0.4, -0.2) is 30.4 Å². The number of rotatable bonds is 8.